The molecule has 10 nitrogen and oxygen atoms in total. The van der Waals surface area contributed by atoms with Crippen molar-refractivity contribution in [3.05, 3.63) is 44.7 Å². The van der Waals surface area contributed by atoms with Crippen LogP contribution in [0.15, 0.2) is 28.0 Å². The number of methoxy groups -OCH3 is 1. The summed E-state index contributed by atoms with van der Waals surface area (Å²) in [5.41, 5.74) is 0.997. The Labute approximate surface area is 211 Å². The molecule has 2 amide bonds. The second kappa shape index (κ2) is 10.2. The predicted molar refractivity (Wildman–Crippen MR) is 137 cm³/mol. The summed E-state index contributed by atoms with van der Waals surface area (Å²) in [6.45, 7) is 4.92. The fourth-order valence-corrected chi connectivity index (χ4v) is 5.34. The fraction of sp³-hybridized carbons (Fsp3) is 0.391. The molecule has 0 unspecified atom stereocenters. The molecule has 2 aromatic rings. The first-order valence-corrected chi connectivity index (χ1v) is 12.4. The number of fused-ring (bicyclic) bond motifs is 1. The number of piperazine rings is 1. The molecule has 0 spiro atoms. The Morgan fingerprint density at radius 3 is 2.83 bits per heavy atom. The van der Waals surface area contributed by atoms with Gasteiger partial charge in [0.15, 0.2) is 0 Å². The zero-order chi connectivity index (χ0) is 25.3. The van der Waals surface area contributed by atoms with Crippen LogP contribution in [0.3, 0.4) is 0 Å². The van der Waals surface area contributed by atoms with Crippen LogP contribution in [-0.4, -0.2) is 69.2 Å². The summed E-state index contributed by atoms with van der Waals surface area (Å²) >= 11 is 6.50. The quantitative estimate of drug-likeness (QED) is 0.347. The van der Waals surface area contributed by atoms with E-state index in [0.29, 0.717) is 34.5 Å². The van der Waals surface area contributed by atoms with E-state index in [4.69, 9.17) is 21.9 Å². The van der Waals surface area contributed by atoms with E-state index >= 15 is 0 Å². The van der Waals surface area contributed by atoms with E-state index in [0.717, 1.165) is 23.7 Å². The number of aryl methyl sites for hydroxylation is 1. The van der Waals surface area contributed by atoms with Gasteiger partial charge in [-0.25, -0.2) is 4.98 Å². The lowest BCUT2D eigenvalue weighted by Gasteiger charge is -2.36. The van der Waals surface area contributed by atoms with E-state index in [9.17, 15) is 19.2 Å². The lowest BCUT2D eigenvalue weighted by Crippen LogP contribution is -2.57. The summed E-state index contributed by atoms with van der Waals surface area (Å²) in [5, 5.41) is 2.75. The average molecular weight is 516 g/mol. The first kappa shape index (κ1) is 24.9. The Morgan fingerprint density at radius 1 is 1.34 bits per heavy atom. The topological polar surface area (TPSA) is 113 Å². The Hall–Kier alpha value is -3.25. The number of thioether (sulfide) groups is 1. The van der Waals surface area contributed by atoms with Gasteiger partial charge in [-0.05, 0) is 31.1 Å². The van der Waals surface area contributed by atoms with Gasteiger partial charge in [0.25, 0.3) is 11.5 Å². The van der Waals surface area contributed by atoms with Crippen LogP contribution in [0.1, 0.15) is 30.9 Å². The molecule has 0 aliphatic carbocycles. The van der Waals surface area contributed by atoms with Crippen LogP contribution in [0, 0.1) is 6.92 Å². The zero-order valence-corrected chi connectivity index (χ0v) is 21.2. The van der Waals surface area contributed by atoms with Gasteiger partial charge in [0.1, 0.15) is 21.8 Å². The van der Waals surface area contributed by atoms with Crippen molar-refractivity contribution in [1.82, 2.24) is 19.6 Å². The van der Waals surface area contributed by atoms with E-state index in [1.54, 1.807) is 17.2 Å². The van der Waals surface area contributed by atoms with E-state index in [2.05, 4.69) is 5.32 Å². The van der Waals surface area contributed by atoms with Crippen LogP contribution in [-0.2, 0) is 19.1 Å². The second-order valence-electron chi connectivity index (χ2n) is 8.20. The minimum absolute atomic E-state index is 0.148. The van der Waals surface area contributed by atoms with Gasteiger partial charge in [0.05, 0.1) is 24.0 Å². The van der Waals surface area contributed by atoms with Gasteiger partial charge in [0, 0.05) is 25.8 Å². The number of pyridine rings is 1. The van der Waals surface area contributed by atoms with Crippen LogP contribution >= 0.6 is 24.0 Å². The van der Waals surface area contributed by atoms with Gasteiger partial charge in [-0.2, -0.15) is 0 Å². The van der Waals surface area contributed by atoms with E-state index in [1.165, 1.54) is 22.5 Å². The first-order valence-electron chi connectivity index (χ1n) is 11.1. The summed E-state index contributed by atoms with van der Waals surface area (Å²) in [6.07, 6.45) is 3.69. The number of hydrogen-bond donors (Lipinski definition) is 1. The van der Waals surface area contributed by atoms with Crippen molar-refractivity contribution in [3.8, 4) is 0 Å². The summed E-state index contributed by atoms with van der Waals surface area (Å²) in [5.74, 6) is -0.979. The van der Waals surface area contributed by atoms with Gasteiger partial charge in [-0.1, -0.05) is 37.0 Å². The van der Waals surface area contributed by atoms with Crippen LogP contribution in [0.25, 0.3) is 11.7 Å². The number of nitrogens with zero attached hydrogens (tertiary/aromatic N) is 4. The maximum Gasteiger partial charge on any atom is 0.308 e. The third-order valence-corrected chi connectivity index (χ3v) is 7.15. The summed E-state index contributed by atoms with van der Waals surface area (Å²) in [4.78, 5) is 59.6. The molecular formula is C23H25N5O5S2. The third kappa shape index (κ3) is 4.80. The Bertz CT molecular complexity index is 1320. The van der Waals surface area contributed by atoms with Crippen LogP contribution < -0.4 is 15.8 Å². The van der Waals surface area contributed by atoms with Gasteiger partial charge in [0.2, 0.25) is 5.91 Å². The molecule has 12 heteroatoms. The standard InChI is InChI=1S/C23H25N5O5S2/c1-4-8-27-22(32)16(35-23(27)34)10-14-19(25-17-6-5-13(2)12-28(17)21(14)31)26-9-7-24-20(30)15(26)11-18(29)33-3/h5-6,10,12,15H,4,7-9,11H2,1-3H3,(H,24,30)/b16-10-/t15-/m1/s1. The van der Waals surface area contributed by atoms with Crippen molar-refractivity contribution in [2.45, 2.75) is 32.7 Å². The van der Waals surface area contributed by atoms with Gasteiger partial charge in [-0.3, -0.25) is 28.5 Å². The minimum Gasteiger partial charge on any atom is -0.469 e. The molecule has 1 N–H and O–H groups in total. The van der Waals surface area contributed by atoms with Crippen molar-refractivity contribution in [2.75, 3.05) is 31.6 Å². The molecule has 0 saturated carbocycles. The molecule has 2 fully saturated rings. The van der Waals surface area contributed by atoms with Crippen molar-refractivity contribution in [2.24, 2.45) is 0 Å². The van der Waals surface area contributed by atoms with Gasteiger partial charge in [-0.15, -0.1) is 0 Å². The number of carbonyl (C=O) groups excluding carboxylic acids is 3. The molecule has 2 aliphatic rings. The maximum absolute atomic E-state index is 13.7. The first-order chi connectivity index (χ1) is 16.7. The van der Waals surface area contributed by atoms with Crippen LogP contribution in [0.2, 0.25) is 0 Å². The number of esters is 1. The van der Waals surface area contributed by atoms with Gasteiger partial charge >= 0.3 is 5.97 Å². The largest absolute Gasteiger partial charge is 0.469 e. The molecular weight excluding hydrogens is 490 g/mol. The number of nitrogens with one attached hydrogen (secondary N) is 1. The van der Waals surface area contributed by atoms with E-state index < -0.39 is 17.6 Å². The Kier molecular flexibility index (Phi) is 7.22. The molecule has 2 saturated heterocycles. The number of aromatic nitrogens is 2. The second-order valence-corrected chi connectivity index (χ2v) is 9.88. The number of hydrogen-bond acceptors (Lipinski definition) is 9. The highest BCUT2D eigenvalue weighted by molar-refractivity contribution is 8.26. The fourth-order valence-electron chi connectivity index (χ4n) is 4.05. The summed E-state index contributed by atoms with van der Waals surface area (Å²) < 4.78 is 6.62. The number of ether oxygens (including phenoxy) is 1. The highest BCUT2D eigenvalue weighted by Gasteiger charge is 2.36. The Morgan fingerprint density at radius 2 is 2.11 bits per heavy atom. The molecule has 0 aromatic carbocycles. The molecule has 2 aromatic heterocycles. The van der Waals surface area contributed by atoms with Crippen molar-refractivity contribution in [1.29, 1.82) is 0 Å². The van der Waals surface area contributed by atoms with Crippen LogP contribution in [0.5, 0.6) is 0 Å². The third-order valence-electron chi connectivity index (χ3n) is 5.77. The lowest BCUT2D eigenvalue weighted by molar-refractivity contribution is -0.143. The highest BCUT2D eigenvalue weighted by atomic mass is 32.2. The molecule has 35 heavy (non-hydrogen) atoms. The smallest absolute Gasteiger partial charge is 0.308 e. The molecule has 4 heterocycles. The molecule has 0 radical (unpaired) electrons. The molecule has 4 rings (SSSR count). The molecule has 0 bridgehead atoms. The van der Waals surface area contributed by atoms with Crippen molar-refractivity contribution < 1.29 is 19.1 Å². The number of thiocarbonyl (C=S) groups is 1. The Balaban J connectivity index is 1.91. The predicted octanol–water partition coefficient (Wildman–Crippen LogP) is 1.48. The number of rotatable bonds is 6. The normalized spacial score (nSPS) is 19.6. The minimum atomic E-state index is -0.919. The molecule has 184 valence electrons. The summed E-state index contributed by atoms with van der Waals surface area (Å²) in [7, 11) is 1.25. The van der Waals surface area contributed by atoms with Crippen molar-refractivity contribution in [3.63, 3.8) is 0 Å². The van der Waals surface area contributed by atoms with Crippen LogP contribution in [0.4, 0.5) is 5.82 Å². The molecule has 1 atom stereocenters. The van der Waals surface area contributed by atoms with Crippen molar-refractivity contribution >= 4 is 63.6 Å². The number of carbonyl (C=O) groups is 3. The van der Waals surface area contributed by atoms with Gasteiger partial charge < -0.3 is 15.0 Å². The zero-order valence-electron chi connectivity index (χ0n) is 19.6. The molecule has 2 aliphatic heterocycles. The lowest BCUT2D eigenvalue weighted by atomic mass is 10.1. The average Bonchev–Trinajstić information content (AvgIpc) is 3.10. The number of anilines is 1. The van der Waals surface area contributed by atoms with E-state index in [1.807, 2.05) is 19.9 Å². The monoisotopic (exact) mass is 515 g/mol. The number of amides is 2. The van der Waals surface area contributed by atoms with E-state index in [-0.39, 0.29) is 29.6 Å². The highest BCUT2D eigenvalue weighted by Crippen LogP contribution is 2.34. The summed E-state index contributed by atoms with van der Waals surface area (Å²) in [6, 6.07) is 2.62. The maximum atomic E-state index is 13.7. The SMILES string of the molecule is CCCN1C(=O)/C(=C/c2c(N3CCNC(=O)[C@H]3CC(=O)OC)nc3ccc(C)cn3c2=O)SC1=S.